The quantitative estimate of drug-likeness (QED) is 0.821. The molecule has 0 aromatic heterocycles. The number of benzene rings is 2. The van der Waals surface area contributed by atoms with Gasteiger partial charge in [-0.25, -0.2) is 0 Å². The molecular formula is C20H25N3O. The van der Waals surface area contributed by atoms with E-state index in [1.54, 1.807) is 0 Å². The van der Waals surface area contributed by atoms with Crippen LogP contribution in [0.5, 0.6) is 0 Å². The molecule has 1 saturated heterocycles. The Morgan fingerprint density at radius 3 is 2.50 bits per heavy atom. The largest absolute Gasteiger partial charge is 0.352 e. The minimum Gasteiger partial charge on any atom is -0.352 e. The molecule has 0 saturated carbocycles. The van der Waals surface area contributed by atoms with Gasteiger partial charge in [-0.15, -0.1) is 0 Å². The molecule has 126 valence electrons. The molecule has 1 aliphatic rings. The van der Waals surface area contributed by atoms with E-state index in [2.05, 4.69) is 52.9 Å². The summed E-state index contributed by atoms with van der Waals surface area (Å²) in [6, 6.07) is 18.3. The molecule has 0 spiro atoms. The number of carbonyl (C=O) groups excluding carboxylic acids is 1. The van der Waals surface area contributed by atoms with Crippen molar-refractivity contribution in [3.05, 3.63) is 71.3 Å². The molecule has 0 aliphatic carbocycles. The molecule has 0 atom stereocenters. The Balaban J connectivity index is 1.54. The molecule has 0 unspecified atom stereocenters. The van der Waals surface area contributed by atoms with Crippen molar-refractivity contribution in [2.75, 3.05) is 26.7 Å². The molecule has 4 heteroatoms. The summed E-state index contributed by atoms with van der Waals surface area (Å²) in [5, 5.41) is 6.25. The summed E-state index contributed by atoms with van der Waals surface area (Å²) in [5.74, 6) is 0.601. The van der Waals surface area contributed by atoms with Crippen LogP contribution in [0.25, 0.3) is 0 Å². The van der Waals surface area contributed by atoms with Crippen molar-refractivity contribution in [1.29, 1.82) is 0 Å². The predicted octanol–water partition coefficient (Wildman–Crippen LogP) is 2.27. The molecule has 0 radical (unpaired) electrons. The van der Waals surface area contributed by atoms with Gasteiger partial charge in [0, 0.05) is 44.2 Å². The molecule has 2 aromatic rings. The van der Waals surface area contributed by atoms with Gasteiger partial charge in [0.25, 0.3) is 5.91 Å². The van der Waals surface area contributed by atoms with Crippen molar-refractivity contribution >= 4 is 5.91 Å². The molecule has 1 heterocycles. The number of hydrogen-bond acceptors (Lipinski definition) is 3. The van der Waals surface area contributed by atoms with Crippen LogP contribution in [0.2, 0.25) is 0 Å². The Bertz CT molecular complexity index is 668. The van der Waals surface area contributed by atoms with Crippen LogP contribution < -0.4 is 10.6 Å². The normalized spacial score (nSPS) is 14.4. The van der Waals surface area contributed by atoms with Crippen molar-refractivity contribution in [2.45, 2.75) is 13.1 Å². The molecular weight excluding hydrogens is 298 g/mol. The number of nitrogens with zero attached hydrogens (tertiary/aromatic N) is 1. The number of carbonyl (C=O) groups is 1. The third-order valence-corrected chi connectivity index (χ3v) is 4.35. The van der Waals surface area contributed by atoms with Gasteiger partial charge in [-0.05, 0) is 30.3 Å². The zero-order chi connectivity index (χ0) is 16.8. The van der Waals surface area contributed by atoms with E-state index in [1.165, 1.54) is 5.56 Å². The Hall–Kier alpha value is -2.17. The number of nitrogens with one attached hydrogen (secondary N) is 2. The van der Waals surface area contributed by atoms with Gasteiger partial charge < -0.3 is 10.6 Å². The van der Waals surface area contributed by atoms with Crippen LogP contribution in [0.1, 0.15) is 21.5 Å². The fourth-order valence-electron chi connectivity index (χ4n) is 2.91. The summed E-state index contributed by atoms with van der Waals surface area (Å²) >= 11 is 0. The maximum Gasteiger partial charge on any atom is 0.251 e. The topological polar surface area (TPSA) is 44.4 Å². The minimum atomic E-state index is 0.0227. The summed E-state index contributed by atoms with van der Waals surface area (Å²) in [6.07, 6.45) is 0. The van der Waals surface area contributed by atoms with Gasteiger partial charge in [-0.2, -0.15) is 0 Å². The van der Waals surface area contributed by atoms with Crippen LogP contribution in [0.3, 0.4) is 0 Å². The lowest BCUT2D eigenvalue weighted by molar-refractivity contribution is 0.0942. The molecule has 1 aliphatic heterocycles. The first-order valence-corrected chi connectivity index (χ1v) is 8.51. The van der Waals surface area contributed by atoms with E-state index in [1.807, 2.05) is 24.3 Å². The lowest BCUT2D eigenvalue weighted by atomic mass is 10.0. The number of amides is 1. The van der Waals surface area contributed by atoms with Crippen molar-refractivity contribution < 1.29 is 4.79 Å². The Kier molecular flexibility index (Phi) is 5.62. The van der Waals surface area contributed by atoms with Crippen LogP contribution in [0.15, 0.2) is 54.6 Å². The van der Waals surface area contributed by atoms with Crippen LogP contribution >= 0.6 is 0 Å². The van der Waals surface area contributed by atoms with Crippen molar-refractivity contribution in [2.24, 2.45) is 5.92 Å². The molecule has 2 N–H and O–H groups in total. The van der Waals surface area contributed by atoms with E-state index in [0.717, 1.165) is 43.9 Å². The monoisotopic (exact) mass is 323 g/mol. The van der Waals surface area contributed by atoms with E-state index < -0.39 is 0 Å². The van der Waals surface area contributed by atoms with Gasteiger partial charge in [0.2, 0.25) is 0 Å². The molecule has 1 fully saturated rings. The van der Waals surface area contributed by atoms with Crippen LogP contribution in [0, 0.1) is 5.92 Å². The summed E-state index contributed by atoms with van der Waals surface area (Å²) in [4.78, 5) is 14.5. The molecule has 3 rings (SSSR count). The number of hydrogen-bond donors (Lipinski definition) is 2. The maximum atomic E-state index is 12.3. The van der Waals surface area contributed by atoms with Gasteiger partial charge in [-0.3, -0.25) is 9.69 Å². The van der Waals surface area contributed by atoms with Crippen molar-refractivity contribution in [3.8, 4) is 0 Å². The Morgan fingerprint density at radius 2 is 1.79 bits per heavy atom. The highest BCUT2D eigenvalue weighted by Gasteiger charge is 2.17. The van der Waals surface area contributed by atoms with Gasteiger partial charge in [0.15, 0.2) is 0 Å². The highest BCUT2D eigenvalue weighted by Crippen LogP contribution is 2.11. The zero-order valence-electron chi connectivity index (χ0n) is 14.2. The summed E-state index contributed by atoms with van der Waals surface area (Å²) in [5.41, 5.74) is 3.20. The van der Waals surface area contributed by atoms with E-state index in [9.17, 15) is 4.79 Å². The summed E-state index contributed by atoms with van der Waals surface area (Å²) in [7, 11) is 2.10. The molecule has 24 heavy (non-hydrogen) atoms. The fraction of sp³-hybridized carbons (Fsp3) is 0.350. The Morgan fingerprint density at radius 1 is 1.08 bits per heavy atom. The lowest BCUT2D eigenvalue weighted by Crippen LogP contribution is -2.48. The zero-order valence-corrected chi connectivity index (χ0v) is 14.2. The van der Waals surface area contributed by atoms with Gasteiger partial charge >= 0.3 is 0 Å². The average molecular weight is 323 g/mol. The van der Waals surface area contributed by atoms with E-state index in [4.69, 9.17) is 0 Å². The molecule has 2 aromatic carbocycles. The number of rotatable bonds is 7. The fourth-order valence-corrected chi connectivity index (χ4v) is 2.91. The van der Waals surface area contributed by atoms with E-state index in [0.29, 0.717) is 5.92 Å². The second kappa shape index (κ2) is 8.08. The summed E-state index contributed by atoms with van der Waals surface area (Å²) < 4.78 is 0. The minimum absolute atomic E-state index is 0.0227. The first kappa shape index (κ1) is 16.7. The Labute approximate surface area is 143 Å². The van der Waals surface area contributed by atoms with Crippen molar-refractivity contribution in [1.82, 2.24) is 15.5 Å². The molecule has 4 nitrogen and oxygen atoms in total. The molecule has 1 amide bonds. The third kappa shape index (κ3) is 4.66. The second-order valence-corrected chi connectivity index (χ2v) is 6.59. The van der Waals surface area contributed by atoms with Crippen molar-refractivity contribution in [3.63, 3.8) is 0 Å². The van der Waals surface area contributed by atoms with E-state index >= 15 is 0 Å². The first-order valence-electron chi connectivity index (χ1n) is 8.51. The second-order valence-electron chi connectivity index (χ2n) is 6.59. The van der Waals surface area contributed by atoms with Crippen LogP contribution in [0.4, 0.5) is 0 Å². The van der Waals surface area contributed by atoms with Gasteiger partial charge in [-0.1, -0.05) is 42.5 Å². The summed E-state index contributed by atoms with van der Waals surface area (Å²) in [6.45, 7) is 4.48. The average Bonchev–Trinajstić information content (AvgIpc) is 2.54. The predicted molar refractivity (Wildman–Crippen MR) is 96.7 cm³/mol. The SMILES string of the molecule is CN(Cc1ccccc1)Cc1cccc(C(=O)NCC2CNC2)c1. The van der Waals surface area contributed by atoms with Gasteiger partial charge in [0.1, 0.15) is 0 Å². The third-order valence-electron chi connectivity index (χ3n) is 4.35. The van der Waals surface area contributed by atoms with Gasteiger partial charge in [0.05, 0.1) is 0 Å². The maximum absolute atomic E-state index is 12.3. The van der Waals surface area contributed by atoms with Crippen LogP contribution in [-0.4, -0.2) is 37.5 Å². The highest BCUT2D eigenvalue weighted by atomic mass is 16.1. The van der Waals surface area contributed by atoms with Crippen LogP contribution in [-0.2, 0) is 13.1 Å². The highest BCUT2D eigenvalue weighted by molar-refractivity contribution is 5.94. The standard InChI is InChI=1S/C20H25N3O/c1-23(14-16-6-3-2-4-7-16)15-17-8-5-9-19(10-17)20(24)22-13-18-11-21-12-18/h2-10,18,21H,11-15H2,1H3,(H,22,24). The lowest BCUT2D eigenvalue weighted by Gasteiger charge is -2.27. The smallest absolute Gasteiger partial charge is 0.251 e. The molecule has 0 bridgehead atoms. The van der Waals surface area contributed by atoms with E-state index in [-0.39, 0.29) is 5.91 Å². The first-order chi connectivity index (χ1) is 11.7.